The van der Waals surface area contributed by atoms with Gasteiger partial charge >= 0.3 is 0 Å². The summed E-state index contributed by atoms with van der Waals surface area (Å²) in [5.74, 6) is -0.202. The first-order chi connectivity index (χ1) is 9.01. The minimum absolute atomic E-state index is 0.260. The number of hydrogen-bond acceptors (Lipinski definition) is 2. The highest BCUT2D eigenvalue weighted by atomic mass is 35.5. The fraction of sp³-hybridized carbons (Fsp3) is 0.231. The summed E-state index contributed by atoms with van der Waals surface area (Å²) in [5, 5.41) is 0.845. The summed E-state index contributed by atoms with van der Waals surface area (Å²) < 4.78 is 13.3. The molecule has 0 saturated carbocycles. The summed E-state index contributed by atoms with van der Waals surface area (Å²) in [6.07, 6.45) is 1.58. The maximum atomic E-state index is 13.3. The number of aromatic nitrogens is 2. The van der Waals surface area contributed by atoms with E-state index in [0.29, 0.717) is 17.5 Å². The van der Waals surface area contributed by atoms with Gasteiger partial charge in [0, 0.05) is 16.1 Å². The van der Waals surface area contributed by atoms with E-state index < -0.39 is 5.82 Å². The van der Waals surface area contributed by atoms with Crippen LogP contribution in [-0.2, 0) is 6.42 Å². The van der Waals surface area contributed by atoms with Gasteiger partial charge in [-0.2, -0.15) is 0 Å². The van der Waals surface area contributed by atoms with Gasteiger partial charge in [-0.15, -0.1) is 0 Å². The molecule has 0 saturated heterocycles. The molecule has 2 nitrogen and oxygen atoms in total. The Kier molecular flexibility index (Phi) is 4.61. The van der Waals surface area contributed by atoms with Crippen molar-refractivity contribution < 1.29 is 4.39 Å². The Balaban J connectivity index is 2.51. The van der Waals surface area contributed by atoms with Gasteiger partial charge in [0.2, 0.25) is 0 Å². The van der Waals surface area contributed by atoms with Crippen LogP contribution in [0.2, 0.25) is 15.3 Å². The van der Waals surface area contributed by atoms with E-state index in [-0.39, 0.29) is 21.2 Å². The Hall–Kier alpha value is -0.900. The molecule has 0 atom stereocenters. The molecule has 0 aliphatic heterocycles. The first-order valence-electron chi connectivity index (χ1n) is 5.69. The lowest BCUT2D eigenvalue weighted by Gasteiger charge is -2.08. The molecule has 0 amide bonds. The minimum Gasteiger partial charge on any atom is -0.216 e. The summed E-state index contributed by atoms with van der Waals surface area (Å²) in [5.41, 5.74) is 1.15. The van der Waals surface area contributed by atoms with Gasteiger partial charge in [-0.25, -0.2) is 14.4 Å². The van der Waals surface area contributed by atoms with Crippen LogP contribution in [0.25, 0.3) is 11.4 Å². The highest BCUT2D eigenvalue weighted by Gasteiger charge is 2.13. The van der Waals surface area contributed by atoms with Gasteiger partial charge in [0.05, 0.1) is 0 Å². The SMILES string of the molecule is CCCc1c(Cl)nc(-c2cc(F)cc(Cl)c2)nc1Cl. The van der Waals surface area contributed by atoms with Crippen molar-refractivity contribution in [2.75, 3.05) is 0 Å². The third-order valence-corrected chi connectivity index (χ3v) is 3.37. The Labute approximate surface area is 125 Å². The second kappa shape index (κ2) is 6.04. The normalized spacial score (nSPS) is 10.8. The Morgan fingerprint density at radius 2 is 1.68 bits per heavy atom. The van der Waals surface area contributed by atoms with Gasteiger partial charge < -0.3 is 0 Å². The molecule has 0 bridgehead atoms. The van der Waals surface area contributed by atoms with E-state index in [4.69, 9.17) is 34.8 Å². The van der Waals surface area contributed by atoms with Crippen molar-refractivity contribution in [1.29, 1.82) is 0 Å². The highest BCUT2D eigenvalue weighted by Crippen LogP contribution is 2.28. The third kappa shape index (κ3) is 3.35. The molecule has 2 aromatic rings. The number of halogens is 4. The zero-order valence-electron chi connectivity index (χ0n) is 10.1. The van der Waals surface area contributed by atoms with E-state index in [2.05, 4.69) is 9.97 Å². The largest absolute Gasteiger partial charge is 0.216 e. The molecule has 0 aliphatic carbocycles. The predicted molar refractivity (Wildman–Crippen MR) is 76.5 cm³/mol. The van der Waals surface area contributed by atoms with Crippen molar-refractivity contribution in [1.82, 2.24) is 9.97 Å². The predicted octanol–water partition coefficient (Wildman–Crippen LogP) is 5.20. The molecule has 0 unspecified atom stereocenters. The Bertz CT molecular complexity index is 574. The molecule has 19 heavy (non-hydrogen) atoms. The fourth-order valence-corrected chi connectivity index (χ4v) is 2.50. The molecule has 2 rings (SSSR count). The third-order valence-electron chi connectivity index (χ3n) is 2.53. The zero-order chi connectivity index (χ0) is 14.0. The maximum Gasteiger partial charge on any atom is 0.162 e. The summed E-state index contributed by atoms with van der Waals surface area (Å²) >= 11 is 18.0. The van der Waals surface area contributed by atoms with E-state index in [1.807, 2.05) is 6.92 Å². The van der Waals surface area contributed by atoms with Gasteiger partial charge in [-0.1, -0.05) is 48.1 Å². The summed E-state index contributed by atoms with van der Waals surface area (Å²) in [7, 11) is 0. The van der Waals surface area contributed by atoms with Crippen LogP contribution in [0.5, 0.6) is 0 Å². The van der Waals surface area contributed by atoms with E-state index in [0.717, 1.165) is 6.42 Å². The average molecular weight is 320 g/mol. The Morgan fingerprint density at radius 3 is 2.21 bits per heavy atom. The zero-order valence-corrected chi connectivity index (χ0v) is 12.3. The van der Waals surface area contributed by atoms with Crippen LogP contribution < -0.4 is 0 Å². The first kappa shape index (κ1) is 14.5. The van der Waals surface area contributed by atoms with Crippen LogP contribution in [-0.4, -0.2) is 9.97 Å². The van der Waals surface area contributed by atoms with E-state index in [1.165, 1.54) is 12.1 Å². The smallest absolute Gasteiger partial charge is 0.162 e. The average Bonchev–Trinajstić information content (AvgIpc) is 2.32. The lowest BCUT2D eigenvalue weighted by atomic mass is 10.2. The standard InChI is InChI=1S/C13H10Cl3FN2/c1-2-3-10-11(15)18-13(19-12(10)16)7-4-8(14)6-9(17)5-7/h4-6H,2-3H2,1H3. The van der Waals surface area contributed by atoms with Gasteiger partial charge in [0.1, 0.15) is 16.1 Å². The number of hydrogen-bond donors (Lipinski definition) is 0. The van der Waals surface area contributed by atoms with Gasteiger partial charge in [0.25, 0.3) is 0 Å². The molecule has 0 N–H and O–H groups in total. The van der Waals surface area contributed by atoms with Crippen molar-refractivity contribution >= 4 is 34.8 Å². The van der Waals surface area contributed by atoms with Crippen molar-refractivity contribution in [2.45, 2.75) is 19.8 Å². The molecular weight excluding hydrogens is 310 g/mol. The molecule has 100 valence electrons. The molecule has 0 spiro atoms. The van der Waals surface area contributed by atoms with Crippen LogP contribution in [0.1, 0.15) is 18.9 Å². The van der Waals surface area contributed by atoms with Crippen LogP contribution in [0.3, 0.4) is 0 Å². The summed E-state index contributed by atoms with van der Waals surface area (Å²) in [4.78, 5) is 8.30. The van der Waals surface area contributed by atoms with E-state index >= 15 is 0 Å². The van der Waals surface area contributed by atoms with E-state index in [1.54, 1.807) is 6.07 Å². The van der Waals surface area contributed by atoms with Crippen LogP contribution in [0.15, 0.2) is 18.2 Å². The second-order valence-electron chi connectivity index (χ2n) is 4.02. The molecule has 0 fully saturated rings. The number of nitrogens with zero attached hydrogens (tertiary/aromatic N) is 2. The number of benzene rings is 1. The molecule has 6 heteroatoms. The van der Waals surface area contributed by atoms with Crippen LogP contribution in [0, 0.1) is 5.82 Å². The lowest BCUT2D eigenvalue weighted by Crippen LogP contribution is -1.98. The molecule has 0 aliphatic rings. The minimum atomic E-state index is -0.462. The number of rotatable bonds is 3. The quantitative estimate of drug-likeness (QED) is 0.727. The fourth-order valence-electron chi connectivity index (χ4n) is 1.70. The van der Waals surface area contributed by atoms with Gasteiger partial charge in [-0.05, 0) is 24.6 Å². The van der Waals surface area contributed by atoms with Crippen molar-refractivity contribution in [3.63, 3.8) is 0 Å². The molecular formula is C13H10Cl3FN2. The monoisotopic (exact) mass is 318 g/mol. The molecule has 1 aromatic carbocycles. The van der Waals surface area contributed by atoms with Crippen molar-refractivity contribution in [3.05, 3.63) is 44.9 Å². The maximum absolute atomic E-state index is 13.3. The van der Waals surface area contributed by atoms with Crippen LogP contribution >= 0.6 is 34.8 Å². The van der Waals surface area contributed by atoms with Gasteiger partial charge in [0.15, 0.2) is 5.82 Å². The van der Waals surface area contributed by atoms with E-state index in [9.17, 15) is 4.39 Å². The second-order valence-corrected chi connectivity index (χ2v) is 5.17. The lowest BCUT2D eigenvalue weighted by molar-refractivity contribution is 0.628. The van der Waals surface area contributed by atoms with Crippen molar-refractivity contribution in [2.24, 2.45) is 0 Å². The summed E-state index contributed by atoms with van der Waals surface area (Å²) in [6, 6.07) is 4.05. The first-order valence-corrected chi connectivity index (χ1v) is 6.83. The molecule has 1 aromatic heterocycles. The summed E-state index contributed by atoms with van der Waals surface area (Å²) in [6.45, 7) is 2.01. The van der Waals surface area contributed by atoms with Crippen LogP contribution in [0.4, 0.5) is 4.39 Å². The van der Waals surface area contributed by atoms with Gasteiger partial charge in [-0.3, -0.25) is 0 Å². The molecule has 0 radical (unpaired) electrons. The Morgan fingerprint density at radius 1 is 1.05 bits per heavy atom. The molecule has 1 heterocycles. The van der Waals surface area contributed by atoms with Crippen molar-refractivity contribution in [3.8, 4) is 11.4 Å². The topological polar surface area (TPSA) is 25.8 Å². The highest BCUT2D eigenvalue weighted by molar-refractivity contribution is 6.34.